The summed E-state index contributed by atoms with van der Waals surface area (Å²) in [5.41, 5.74) is 2.48. The Balaban J connectivity index is 1.57. The molecule has 0 radical (unpaired) electrons. The third-order valence-corrected chi connectivity index (χ3v) is 5.00. The van der Waals surface area contributed by atoms with Gasteiger partial charge in [0.2, 0.25) is 5.91 Å². The Morgan fingerprint density at radius 2 is 1.79 bits per heavy atom. The molecule has 0 unspecified atom stereocenters. The van der Waals surface area contributed by atoms with E-state index >= 15 is 0 Å². The molecule has 2 aliphatic rings. The molecule has 1 N–H and O–H groups in total. The number of urea groups is 1. The molecular formula is C21H22N4O4. The smallest absolute Gasteiger partial charge is 0.325 e. The van der Waals surface area contributed by atoms with Gasteiger partial charge < -0.3 is 5.32 Å². The van der Waals surface area contributed by atoms with Crippen LogP contribution < -0.4 is 5.32 Å². The number of carbonyl (C=O) groups is 4. The van der Waals surface area contributed by atoms with Gasteiger partial charge in [-0.3, -0.25) is 19.3 Å². The van der Waals surface area contributed by atoms with E-state index in [0.29, 0.717) is 17.0 Å². The number of hydrogen-bond acceptors (Lipinski definition) is 5. The highest BCUT2D eigenvalue weighted by Gasteiger charge is 2.44. The van der Waals surface area contributed by atoms with E-state index < -0.39 is 30.3 Å². The number of hydrogen-bond donors (Lipinski definition) is 1. The number of anilines is 1. The maximum atomic E-state index is 12.5. The van der Waals surface area contributed by atoms with E-state index in [9.17, 15) is 19.2 Å². The van der Waals surface area contributed by atoms with Gasteiger partial charge in [-0.1, -0.05) is 23.8 Å². The molecule has 0 saturated carbocycles. The maximum absolute atomic E-state index is 12.5. The van der Waals surface area contributed by atoms with Crippen molar-refractivity contribution in [3.8, 4) is 6.07 Å². The predicted molar refractivity (Wildman–Crippen MR) is 104 cm³/mol. The summed E-state index contributed by atoms with van der Waals surface area (Å²) in [6.45, 7) is -0.379. The molecule has 0 spiro atoms. The number of rotatable bonds is 7. The third kappa shape index (κ3) is 4.88. The van der Waals surface area contributed by atoms with Crippen LogP contribution in [0.5, 0.6) is 0 Å². The fourth-order valence-corrected chi connectivity index (χ4v) is 3.42. The van der Waals surface area contributed by atoms with Crippen molar-refractivity contribution in [2.45, 2.75) is 38.5 Å². The summed E-state index contributed by atoms with van der Waals surface area (Å²) in [5.74, 6) is -2.45. The van der Waals surface area contributed by atoms with E-state index in [1.165, 1.54) is 5.57 Å². The minimum atomic E-state index is -0.979. The van der Waals surface area contributed by atoms with Crippen molar-refractivity contribution in [2.24, 2.45) is 0 Å². The highest BCUT2D eigenvalue weighted by Crippen LogP contribution is 2.22. The first-order valence-electron chi connectivity index (χ1n) is 9.60. The highest BCUT2D eigenvalue weighted by molar-refractivity contribution is 6.45. The Kier molecular flexibility index (Phi) is 6.39. The van der Waals surface area contributed by atoms with E-state index in [2.05, 4.69) is 11.4 Å². The van der Waals surface area contributed by atoms with Crippen molar-refractivity contribution < 1.29 is 19.2 Å². The average Bonchev–Trinajstić information content (AvgIpc) is 2.92. The minimum Gasteiger partial charge on any atom is -0.325 e. The summed E-state index contributed by atoms with van der Waals surface area (Å²) in [7, 11) is 0. The van der Waals surface area contributed by atoms with Crippen molar-refractivity contribution in [3.05, 3.63) is 41.5 Å². The molecule has 29 heavy (non-hydrogen) atoms. The monoisotopic (exact) mass is 394 g/mol. The lowest BCUT2D eigenvalue weighted by atomic mass is 9.97. The zero-order valence-corrected chi connectivity index (χ0v) is 16.0. The van der Waals surface area contributed by atoms with Crippen molar-refractivity contribution in [1.82, 2.24) is 9.80 Å². The van der Waals surface area contributed by atoms with Gasteiger partial charge in [0.05, 0.1) is 12.5 Å². The van der Waals surface area contributed by atoms with E-state index in [4.69, 9.17) is 5.26 Å². The first-order chi connectivity index (χ1) is 14.0. The SMILES string of the molecule is N#CCc1ccc(NC(=O)CN2C(=O)C(=O)N(CCC3=CCCCC3)C2=O)cc1. The van der Waals surface area contributed by atoms with E-state index in [0.717, 1.165) is 36.1 Å². The van der Waals surface area contributed by atoms with Crippen LogP contribution in [-0.2, 0) is 20.8 Å². The van der Waals surface area contributed by atoms with E-state index in [1.807, 2.05) is 6.07 Å². The summed E-state index contributed by atoms with van der Waals surface area (Å²) in [5, 5.41) is 11.3. The van der Waals surface area contributed by atoms with Crippen molar-refractivity contribution >= 4 is 29.4 Å². The number of nitrogens with zero attached hydrogens (tertiary/aromatic N) is 3. The fraction of sp³-hybridized carbons (Fsp3) is 0.381. The molecule has 0 bridgehead atoms. The Bertz CT molecular complexity index is 898. The number of carbonyl (C=O) groups excluding carboxylic acids is 4. The van der Waals surface area contributed by atoms with Crippen LogP contribution in [0.4, 0.5) is 10.5 Å². The quantitative estimate of drug-likeness (QED) is 0.434. The number of nitrogens with one attached hydrogen (secondary N) is 1. The molecule has 1 saturated heterocycles. The minimum absolute atomic E-state index is 0.147. The molecule has 8 heteroatoms. The van der Waals surface area contributed by atoms with Crippen LogP contribution >= 0.6 is 0 Å². The Labute approximate surface area is 168 Å². The fourth-order valence-electron chi connectivity index (χ4n) is 3.42. The molecule has 0 aromatic heterocycles. The van der Waals surface area contributed by atoms with Gasteiger partial charge in [0.1, 0.15) is 6.54 Å². The molecule has 5 amide bonds. The van der Waals surface area contributed by atoms with Crippen LogP contribution in [0.2, 0.25) is 0 Å². The van der Waals surface area contributed by atoms with Gasteiger partial charge in [-0.25, -0.2) is 9.69 Å². The second-order valence-electron chi connectivity index (χ2n) is 7.07. The van der Waals surface area contributed by atoms with Crippen molar-refractivity contribution in [1.29, 1.82) is 5.26 Å². The summed E-state index contributed by atoms with van der Waals surface area (Å²) in [6.07, 6.45) is 7.14. The number of allylic oxidation sites excluding steroid dienone is 1. The molecule has 8 nitrogen and oxygen atoms in total. The van der Waals surface area contributed by atoms with E-state index in [1.54, 1.807) is 24.3 Å². The van der Waals surface area contributed by atoms with Gasteiger partial charge in [-0.05, 0) is 49.8 Å². The van der Waals surface area contributed by atoms with Crippen LogP contribution in [0.15, 0.2) is 35.9 Å². The predicted octanol–water partition coefficient (Wildman–Crippen LogP) is 2.37. The first-order valence-corrected chi connectivity index (χ1v) is 9.60. The third-order valence-electron chi connectivity index (χ3n) is 5.00. The van der Waals surface area contributed by atoms with Crippen LogP contribution in [0.1, 0.15) is 37.7 Å². The lowest BCUT2D eigenvalue weighted by Crippen LogP contribution is -2.39. The van der Waals surface area contributed by atoms with Crippen LogP contribution in [0.3, 0.4) is 0 Å². The molecular weight excluding hydrogens is 372 g/mol. The average molecular weight is 394 g/mol. The van der Waals surface area contributed by atoms with Gasteiger partial charge in [0.25, 0.3) is 0 Å². The summed E-state index contributed by atoms with van der Waals surface area (Å²) < 4.78 is 0. The number of amides is 5. The van der Waals surface area contributed by atoms with E-state index in [-0.39, 0.29) is 13.0 Å². The molecule has 1 aromatic rings. The topological polar surface area (TPSA) is 111 Å². The number of benzene rings is 1. The lowest BCUT2D eigenvalue weighted by molar-refractivity contribution is -0.143. The molecule has 0 atom stereocenters. The maximum Gasteiger partial charge on any atom is 0.334 e. The normalized spacial score (nSPS) is 16.7. The second-order valence-corrected chi connectivity index (χ2v) is 7.07. The molecule has 150 valence electrons. The van der Waals surface area contributed by atoms with Gasteiger partial charge in [-0.15, -0.1) is 0 Å². The molecule has 3 rings (SSSR count). The lowest BCUT2D eigenvalue weighted by Gasteiger charge is -2.17. The first kappa shape index (κ1) is 20.3. The van der Waals surface area contributed by atoms with Crippen molar-refractivity contribution in [2.75, 3.05) is 18.4 Å². The Hall–Kier alpha value is -3.47. The molecule has 1 aromatic carbocycles. The number of imide groups is 2. The second kappa shape index (κ2) is 9.15. The standard InChI is InChI=1S/C21H22N4O4/c22-12-10-16-6-8-17(9-7-16)23-18(26)14-25-20(28)19(27)24(21(25)29)13-11-15-4-2-1-3-5-15/h4,6-9H,1-3,5,10-11,13-14H2,(H,23,26). The zero-order valence-electron chi connectivity index (χ0n) is 16.0. The summed E-state index contributed by atoms with van der Waals surface area (Å²) in [6, 6.07) is 7.95. The van der Waals surface area contributed by atoms with Gasteiger partial charge in [0, 0.05) is 12.2 Å². The zero-order chi connectivity index (χ0) is 20.8. The van der Waals surface area contributed by atoms with Gasteiger partial charge in [-0.2, -0.15) is 5.26 Å². The van der Waals surface area contributed by atoms with Crippen molar-refractivity contribution in [3.63, 3.8) is 0 Å². The molecule has 1 aliphatic carbocycles. The summed E-state index contributed by atoms with van der Waals surface area (Å²) >= 11 is 0. The van der Waals surface area contributed by atoms with Gasteiger partial charge >= 0.3 is 17.8 Å². The van der Waals surface area contributed by atoms with Crippen LogP contribution in [0, 0.1) is 11.3 Å². The van der Waals surface area contributed by atoms with Crippen LogP contribution in [-0.4, -0.2) is 46.6 Å². The number of nitriles is 1. The highest BCUT2D eigenvalue weighted by atomic mass is 16.2. The molecule has 1 fully saturated rings. The molecule has 1 heterocycles. The van der Waals surface area contributed by atoms with Crippen LogP contribution in [0.25, 0.3) is 0 Å². The largest absolute Gasteiger partial charge is 0.334 e. The summed E-state index contributed by atoms with van der Waals surface area (Å²) in [4.78, 5) is 50.7. The van der Waals surface area contributed by atoms with Gasteiger partial charge in [0.15, 0.2) is 0 Å². The Morgan fingerprint density at radius 3 is 2.45 bits per heavy atom. The molecule has 1 aliphatic heterocycles. The Morgan fingerprint density at radius 1 is 1.07 bits per heavy atom.